The number of aliphatic carboxylic acids is 3. The summed E-state index contributed by atoms with van der Waals surface area (Å²) < 4.78 is 102. The zero-order valence-electron chi connectivity index (χ0n) is 23.9. The summed E-state index contributed by atoms with van der Waals surface area (Å²) in [7, 11) is 0. The normalized spacial score (nSPS) is 17.3. The molecule has 1 aromatic heterocycles. The first-order valence-electron chi connectivity index (χ1n) is 13.1. The van der Waals surface area contributed by atoms with Gasteiger partial charge in [-0.05, 0) is 37.1 Å². The number of fused-ring (bicyclic) bond motifs is 1. The van der Waals surface area contributed by atoms with Crippen LogP contribution in [0.25, 0.3) is 0 Å². The highest BCUT2D eigenvalue weighted by Crippen LogP contribution is 2.44. The molecular formula is C27H30F9N3O7. The third-order valence-electron chi connectivity index (χ3n) is 6.41. The van der Waals surface area contributed by atoms with E-state index in [1.165, 1.54) is 11.1 Å². The van der Waals surface area contributed by atoms with Gasteiger partial charge in [0.15, 0.2) is 0 Å². The van der Waals surface area contributed by atoms with Crippen LogP contribution in [0, 0.1) is 0 Å². The molecule has 0 radical (unpaired) electrons. The van der Waals surface area contributed by atoms with Crippen LogP contribution < -0.4 is 10.1 Å². The van der Waals surface area contributed by atoms with Crippen molar-refractivity contribution < 1.29 is 74.0 Å². The Morgan fingerprint density at radius 3 is 1.76 bits per heavy atom. The van der Waals surface area contributed by atoms with Crippen molar-refractivity contribution in [2.75, 3.05) is 19.6 Å². The lowest BCUT2D eigenvalue weighted by molar-refractivity contribution is -0.193. The average molecular weight is 680 g/mol. The Balaban J connectivity index is 0.000000413. The van der Waals surface area contributed by atoms with Gasteiger partial charge in [-0.25, -0.2) is 14.4 Å². The monoisotopic (exact) mass is 679 g/mol. The summed E-state index contributed by atoms with van der Waals surface area (Å²) in [6.07, 6.45) is -8.22. The number of likely N-dealkylation sites (tertiary alicyclic amines) is 1. The highest BCUT2D eigenvalue weighted by molar-refractivity contribution is 5.73. The van der Waals surface area contributed by atoms with Gasteiger partial charge >= 0.3 is 36.4 Å². The number of halogens is 9. The molecule has 0 amide bonds. The summed E-state index contributed by atoms with van der Waals surface area (Å²) in [5.74, 6) is -7.21. The molecule has 10 nitrogen and oxygen atoms in total. The van der Waals surface area contributed by atoms with Crippen LogP contribution in [0.3, 0.4) is 0 Å². The summed E-state index contributed by atoms with van der Waals surface area (Å²) in [4.78, 5) is 33.4. The van der Waals surface area contributed by atoms with E-state index in [1.54, 1.807) is 0 Å². The molecule has 2 aliphatic rings. The van der Waals surface area contributed by atoms with Crippen molar-refractivity contribution in [3.63, 3.8) is 0 Å². The van der Waals surface area contributed by atoms with Gasteiger partial charge in [-0.2, -0.15) is 39.5 Å². The van der Waals surface area contributed by atoms with Crippen LogP contribution in [0.1, 0.15) is 43.4 Å². The molecule has 19 heteroatoms. The molecule has 1 saturated heterocycles. The number of hydrogen-bond donors (Lipinski definition) is 4. The molecule has 258 valence electrons. The number of para-hydroxylation sites is 1. The number of nitrogens with zero attached hydrogens (tertiary/aromatic N) is 2. The number of carbonyl (C=O) groups is 3. The Morgan fingerprint density at radius 2 is 1.35 bits per heavy atom. The molecule has 4 N–H and O–H groups in total. The summed E-state index contributed by atoms with van der Waals surface area (Å²) in [6, 6.07) is 13.0. The number of alkyl halides is 9. The van der Waals surface area contributed by atoms with Crippen molar-refractivity contribution in [2.45, 2.75) is 62.9 Å². The molecule has 3 heterocycles. The Hall–Kier alpha value is -4.13. The number of aromatic nitrogens is 1. The Kier molecular flexibility index (Phi) is 14.7. The molecule has 0 saturated carbocycles. The molecule has 1 atom stereocenters. The minimum absolute atomic E-state index is 0.0212. The first-order chi connectivity index (χ1) is 21.1. The standard InChI is InChI=1S/C21H27N3O.3C2HF3O2/c1-2-24-12-9-21(10-13-24)14-19(18-7-3-4-8-20(18)25-21)23-16-17-6-5-11-22-15-17;3*3-2(4,5)1(6)7/h3-8,11,15,19,23H,2,9-10,12-14,16H2,1H3;3*(H,6,7). The van der Waals surface area contributed by atoms with Crippen LogP contribution in [0.5, 0.6) is 5.75 Å². The van der Waals surface area contributed by atoms with Gasteiger partial charge in [0.25, 0.3) is 0 Å². The Morgan fingerprint density at radius 1 is 0.870 bits per heavy atom. The summed E-state index contributed by atoms with van der Waals surface area (Å²) >= 11 is 0. The van der Waals surface area contributed by atoms with Crippen LogP contribution in [-0.2, 0) is 20.9 Å². The fourth-order valence-electron chi connectivity index (χ4n) is 4.13. The van der Waals surface area contributed by atoms with Crippen LogP contribution >= 0.6 is 0 Å². The third-order valence-corrected chi connectivity index (χ3v) is 6.41. The summed E-state index contributed by atoms with van der Waals surface area (Å²) in [6.45, 7) is 6.48. The molecule has 4 rings (SSSR count). The lowest BCUT2D eigenvalue weighted by Crippen LogP contribution is -2.51. The number of carboxylic acids is 3. The lowest BCUT2D eigenvalue weighted by atomic mass is 9.80. The van der Waals surface area contributed by atoms with Gasteiger partial charge in [-0.3, -0.25) is 4.98 Å². The number of rotatable bonds is 4. The second kappa shape index (κ2) is 17.0. The highest BCUT2D eigenvalue weighted by Gasteiger charge is 2.43. The maximum absolute atomic E-state index is 10.6. The molecule has 0 aliphatic carbocycles. The maximum Gasteiger partial charge on any atom is 0.490 e. The van der Waals surface area contributed by atoms with Crippen LogP contribution in [0.2, 0.25) is 0 Å². The average Bonchev–Trinajstić information content (AvgIpc) is 2.96. The lowest BCUT2D eigenvalue weighted by Gasteiger charge is -2.47. The number of piperidine rings is 1. The van der Waals surface area contributed by atoms with Gasteiger partial charge in [-0.15, -0.1) is 0 Å². The van der Waals surface area contributed by atoms with E-state index in [4.69, 9.17) is 34.4 Å². The van der Waals surface area contributed by atoms with E-state index in [2.05, 4.69) is 52.5 Å². The topological polar surface area (TPSA) is 149 Å². The minimum atomic E-state index is -5.08. The molecule has 2 aliphatic heterocycles. The fourth-order valence-corrected chi connectivity index (χ4v) is 4.13. The SMILES string of the molecule is CCN1CCC2(CC1)CC(NCc1cccnc1)c1ccccc1O2.O=C(O)C(F)(F)F.O=C(O)C(F)(F)F.O=C(O)C(F)(F)F. The second-order valence-electron chi connectivity index (χ2n) is 9.66. The summed E-state index contributed by atoms with van der Waals surface area (Å²) in [5.41, 5.74) is 2.49. The molecule has 1 fully saturated rings. The predicted molar refractivity (Wildman–Crippen MR) is 141 cm³/mol. The smallest absolute Gasteiger partial charge is 0.487 e. The van der Waals surface area contributed by atoms with E-state index in [0.29, 0.717) is 6.04 Å². The molecule has 1 spiro atoms. The molecular weight excluding hydrogens is 649 g/mol. The zero-order chi connectivity index (χ0) is 35.3. The first-order valence-corrected chi connectivity index (χ1v) is 13.1. The van der Waals surface area contributed by atoms with E-state index >= 15 is 0 Å². The summed E-state index contributed by atoms with van der Waals surface area (Å²) in [5, 5.41) is 25.1. The van der Waals surface area contributed by atoms with Crippen LogP contribution in [-0.4, -0.2) is 86.9 Å². The molecule has 46 heavy (non-hydrogen) atoms. The van der Waals surface area contributed by atoms with Crippen molar-refractivity contribution >= 4 is 17.9 Å². The van der Waals surface area contributed by atoms with Gasteiger partial charge < -0.3 is 30.3 Å². The number of hydrogen-bond acceptors (Lipinski definition) is 7. The minimum Gasteiger partial charge on any atom is -0.487 e. The van der Waals surface area contributed by atoms with Gasteiger partial charge in [0.2, 0.25) is 0 Å². The van der Waals surface area contributed by atoms with Crippen molar-refractivity contribution in [3.8, 4) is 5.75 Å². The molecule has 2 aromatic rings. The number of nitrogens with one attached hydrogen (secondary N) is 1. The Bertz CT molecular complexity index is 1210. The van der Waals surface area contributed by atoms with Gasteiger partial charge in [0, 0.05) is 50.1 Å². The Labute approximate surface area is 255 Å². The van der Waals surface area contributed by atoms with Crippen LogP contribution in [0.15, 0.2) is 48.8 Å². The maximum atomic E-state index is 10.6. The highest BCUT2D eigenvalue weighted by atomic mass is 19.4. The van der Waals surface area contributed by atoms with Gasteiger partial charge in [0.1, 0.15) is 11.4 Å². The molecule has 0 bridgehead atoms. The van der Waals surface area contributed by atoms with Crippen LogP contribution in [0.4, 0.5) is 39.5 Å². The second-order valence-corrected chi connectivity index (χ2v) is 9.66. The molecule has 1 unspecified atom stereocenters. The first kappa shape index (κ1) is 39.9. The van der Waals surface area contributed by atoms with E-state index in [0.717, 1.165) is 51.2 Å². The van der Waals surface area contributed by atoms with Crippen molar-refractivity contribution in [1.82, 2.24) is 15.2 Å². The van der Waals surface area contributed by atoms with Gasteiger partial charge in [0.05, 0.1) is 0 Å². The van der Waals surface area contributed by atoms with Crippen molar-refractivity contribution in [3.05, 3.63) is 59.9 Å². The fraction of sp³-hybridized carbons (Fsp3) is 0.481. The van der Waals surface area contributed by atoms with E-state index in [-0.39, 0.29) is 5.60 Å². The predicted octanol–water partition coefficient (Wildman–Crippen LogP) is 5.45. The largest absolute Gasteiger partial charge is 0.490 e. The molecule has 1 aromatic carbocycles. The number of pyridine rings is 1. The van der Waals surface area contributed by atoms with Gasteiger partial charge in [-0.1, -0.05) is 31.2 Å². The van der Waals surface area contributed by atoms with E-state index < -0.39 is 36.4 Å². The quantitative estimate of drug-likeness (QED) is 0.308. The number of benzene rings is 1. The zero-order valence-corrected chi connectivity index (χ0v) is 23.9. The van der Waals surface area contributed by atoms with Crippen molar-refractivity contribution in [2.24, 2.45) is 0 Å². The van der Waals surface area contributed by atoms with E-state index in [9.17, 15) is 39.5 Å². The number of carboxylic acid groups (broad SMARTS) is 3. The van der Waals surface area contributed by atoms with E-state index in [1.807, 2.05) is 18.5 Å². The third kappa shape index (κ3) is 13.9. The van der Waals surface area contributed by atoms with Crippen molar-refractivity contribution in [1.29, 1.82) is 0 Å². The number of ether oxygens (including phenoxy) is 1.